The van der Waals surface area contributed by atoms with Crippen molar-refractivity contribution in [3.63, 3.8) is 0 Å². The van der Waals surface area contributed by atoms with E-state index < -0.39 is 10.0 Å². The highest BCUT2D eigenvalue weighted by atomic mass is 32.2. The Balaban J connectivity index is 2.21. The molecule has 0 atom stereocenters. The van der Waals surface area contributed by atoms with Gasteiger partial charge in [0.1, 0.15) is 10.7 Å². The summed E-state index contributed by atoms with van der Waals surface area (Å²) in [4.78, 5) is 3.93. The van der Waals surface area contributed by atoms with Crippen LogP contribution in [0.15, 0.2) is 47.5 Å². The van der Waals surface area contributed by atoms with Gasteiger partial charge in [0.05, 0.1) is 0 Å². The summed E-state index contributed by atoms with van der Waals surface area (Å²) >= 11 is 0. The molecule has 0 fully saturated rings. The first-order valence-electron chi connectivity index (χ1n) is 5.06. The molecule has 0 amide bonds. The van der Waals surface area contributed by atoms with E-state index in [9.17, 15) is 8.42 Å². The van der Waals surface area contributed by atoms with Gasteiger partial charge in [-0.25, -0.2) is 18.5 Å². The standard InChI is InChI=1S/C11H12N4O2S/c12-8-2-1-3-9(6-8)15-11-5-4-10(7-14-11)18(13,16)17/h1-7H,12H2,(H,14,15)(H2,13,16,17). The van der Waals surface area contributed by atoms with Crippen LogP contribution in [0.1, 0.15) is 0 Å². The second-order valence-electron chi connectivity index (χ2n) is 3.67. The van der Waals surface area contributed by atoms with Crippen molar-refractivity contribution in [3.8, 4) is 0 Å². The number of nitrogens with one attached hydrogen (secondary N) is 1. The molecule has 2 aromatic rings. The molecule has 1 heterocycles. The number of hydrogen-bond acceptors (Lipinski definition) is 5. The lowest BCUT2D eigenvalue weighted by Gasteiger charge is -2.06. The Hall–Kier alpha value is -2.12. The third-order valence-corrected chi connectivity index (χ3v) is 3.12. The number of anilines is 3. The minimum absolute atomic E-state index is 0.0272. The predicted octanol–water partition coefficient (Wildman–Crippen LogP) is 1.05. The zero-order valence-electron chi connectivity index (χ0n) is 9.37. The van der Waals surface area contributed by atoms with Gasteiger partial charge < -0.3 is 11.1 Å². The summed E-state index contributed by atoms with van der Waals surface area (Å²) < 4.78 is 22.1. The molecule has 0 aliphatic carbocycles. The van der Waals surface area contributed by atoms with Gasteiger partial charge in [-0.1, -0.05) is 6.07 Å². The molecule has 2 rings (SSSR count). The summed E-state index contributed by atoms with van der Waals surface area (Å²) in [6.45, 7) is 0. The molecule has 7 heteroatoms. The number of nitrogens with two attached hydrogens (primary N) is 2. The number of sulfonamides is 1. The van der Waals surface area contributed by atoms with E-state index in [1.54, 1.807) is 18.2 Å². The quantitative estimate of drug-likeness (QED) is 0.718. The average molecular weight is 264 g/mol. The van der Waals surface area contributed by atoms with Crippen LogP contribution in [0.4, 0.5) is 17.2 Å². The van der Waals surface area contributed by atoms with Crippen LogP contribution in [-0.2, 0) is 10.0 Å². The molecule has 0 unspecified atom stereocenters. The topological polar surface area (TPSA) is 111 Å². The summed E-state index contributed by atoms with van der Waals surface area (Å²) in [5.41, 5.74) is 7.03. The Morgan fingerprint density at radius 1 is 1.17 bits per heavy atom. The molecule has 0 saturated carbocycles. The highest BCUT2D eigenvalue weighted by molar-refractivity contribution is 7.89. The van der Waals surface area contributed by atoms with Crippen LogP contribution < -0.4 is 16.2 Å². The maximum Gasteiger partial charge on any atom is 0.239 e. The van der Waals surface area contributed by atoms with Crippen molar-refractivity contribution >= 4 is 27.2 Å². The van der Waals surface area contributed by atoms with Gasteiger partial charge in [-0.2, -0.15) is 0 Å². The smallest absolute Gasteiger partial charge is 0.239 e. The monoisotopic (exact) mass is 264 g/mol. The zero-order chi connectivity index (χ0) is 13.2. The lowest BCUT2D eigenvalue weighted by Crippen LogP contribution is -2.12. The number of pyridine rings is 1. The molecule has 0 aliphatic rings. The average Bonchev–Trinajstić information content (AvgIpc) is 2.28. The molecular formula is C11H12N4O2S. The first-order chi connectivity index (χ1) is 8.45. The number of aromatic nitrogens is 1. The molecular weight excluding hydrogens is 252 g/mol. The Bertz CT molecular complexity index is 653. The van der Waals surface area contributed by atoms with Gasteiger partial charge in [-0.05, 0) is 30.3 Å². The highest BCUT2D eigenvalue weighted by Crippen LogP contribution is 2.17. The lowest BCUT2D eigenvalue weighted by molar-refractivity contribution is 0.597. The van der Waals surface area contributed by atoms with E-state index in [0.717, 1.165) is 5.69 Å². The first-order valence-corrected chi connectivity index (χ1v) is 6.61. The molecule has 1 aromatic carbocycles. The lowest BCUT2D eigenvalue weighted by atomic mass is 10.3. The number of primary sulfonamides is 1. The normalized spacial score (nSPS) is 11.2. The third-order valence-electron chi connectivity index (χ3n) is 2.22. The Kier molecular flexibility index (Phi) is 3.17. The van der Waals surface area contributed by atoms with Crippen LogP contribution in [0.25, 0.3) is 0 Å². The van der Waals surface area contributed by atoms with E-state index in [1.807, 2.05) is 6.07 Å². The summed E-state index contributed by atoms with van der Waals surface area (Å²) in [6, 6.07) is 10.1. The molecule has 5 N–H and O–H groups in total. The fourth-order valence-electron chi connectivity index (χ4n) is 1.39. The van der Waals surface area contributed by atoms with Crippen LogP contribution in [0.2, 0.25) is 0 Å². The van der Waals surface area contributed by atoms with Crippen molar-refractivity contribution < 1.29 is 8.42 Å². The summed E-state index contributed by atoms with van der Waals surface area (Å²) in [5, 5.41) is 7.97. The molecule has 0 bridgehead atoms. The molecule has 18 heavy (non-hydrogen) atoms. The van der Waals surface area contributed by atoms with Crippen molar-refractivity contribution in [2.75, 3.05) is 11.1 Å². The fraction of sp³-hybridized carbons (Fsp3) is 0. The largest absolute Gasteiger partial charge is 0.399 e. The van der Waals surface area contributed by atoms with Crippen molar-refractivity contribution in [3.05, 3.63) is 42.6 Å². The predicted molar refractivity (Wildman–Crippen MR) is 69.7 cm³/mol. The Morgan fingerprint density at radius 2 is 1.94 bits per heavy atom. The number of nitrogens with zero attached hydrogens (tertiary/aromatic N) is 1. The van der Waals surface area contributed by atoms with Gasteiger partial charge in [-0.3, -0.25) is 0 Å². The second-order valence-corrected chi connectivity index (χ2v) is 5.24. The maximum absolute atomic E-state index is 11.0. The minimum Gasteiger partial charge on any atom is -0.399 e. The van der Waals surface area contributed by atoms with E-state index in [1.165, 1.54) is 18.3 Å². The van der Waals surface area contributed by atoms with Crippen molar-refractivity contribution in [1.29, 1.82) is 0 Å². The van der Waals surface area contributed by atoms with Gasteiger partial charge in [0.15, 0.2) is 0 Å². The Morgan fingerprint density at radius 3 is 2.50 bits per heavy atom. The van der Waals surface area contributed by atoms with Gasteiger partial charge >= 0.3 is 0 Å². The van der Waals surface area contributed by atoms with Crippen molar-refractivity contribution in [1.82, 2.24) is 4.98 Å². The first kappa shape index (κ1) is 12.3. The van der Waals surface area contributed by atoms with Crippen molar-refractivity contribution in [2.24, 2.45) is 5.14 Å². The molecule has 0 radical (unpaired) electrons. The van der Waals surface area contributed by atoms with Crippen LogP contribution in [-0.4, -0.2) is 13.4 Å². The Labute approximate surface area is 105 Å². The third kappa shape index (κ3) is 2.96. The van der Waals surface area contributed by atoms with Gasteiger partial charge in [0.25, 0.3) is 0 Å². The number of benzene rings is 1. The minimum atomic E-state index is -3.71. The van der Waals surface area contributed by atoms with Gasteiger partial charge in [-0.15, -0.1) is 0 Å². The SMILES string of the molecule is Nc1cccc(Nc2ccc(S(N)(=O)=O)cn2)c1. The molecule has 6 nitrogen and oxygen atoms in total. The molecule has 0 aliphatic heterocycles. The summed E-state index contributed by atoms with van der Waals surface area (Å²) in [6.07, 6.45) is 1.20. The van der Waals surface area contributed by atoms with Crippen LogP contribution in [0, 0.1) is 0 Å². The van der Waals surface area contributed by atoms with E-state index in [2.05, 4.69) is 10.3 Å². The molecule has 1 aromatic heterocycles. The van der Waals surface area contributed by atoms with Crippen LogP contribution in [0.5, 0.6) is 0 Å². The van der Waals surface area contributed by atoms with E-state index in [-0.39, 0.29) is 4.90 Å². The molecule has 0 saturated heterocycles. The van der Waals surface area contributed by atoms with E-state index >= 15 is 0 Å². The number of hydrogen-bond donors (Lipinski definition) is 3. The summed E-state index contributed by atoms with van der Waals surface area (Å²) in [7, 11) is -3.71. The number of nitrogen functional groups attached to an aromatic ring is 1. The van der Waals surface area contributed by atoms with Crippen molar-refractivity contribution in [2.45, 2.75) is 4.90 Å². The zero-order valence-corrected chi connectivity index (χ0v) is 10.2. The molecule has 0 spiro atoms. The fourth-order valence-corrected chi connectivity index (χ4v) is 1.84. The van der Waals surface area contributed by atoms with Gasteiger partial charge in [0, 0.05) is 17.6 Å². The highest BCUT2D eigenvalue weighted by Gasteiger charge is 2.07. The maximum atomic E-state index is 11.0. The van der Waals surface area contributed by atoms with Crippen LogP contribution in [0.3, 0.4) is 0 Å². The van der Waals surface area contributed by atoms with Gasteiger partial charge in [0.2, 0.25) is 10.0 Å². The summed E-state index contributed by atoms with van der Waals surface area (Å²) in [5.74, 6) is 0.507. The van der Waals surface area contributed by atoms with E-state index in [4.69, 9.17) is 10.9 Å². The van der Waals surface area contributed by atoms with Crippen LogP contribution >= 0.6 is 0 Å². The molecule has 94 valence electrons. The second kappa shape index (κ2) is 4.63. The number of rotatable bonds is 3. The van der Waals surface area contributed by atoms with E-state index in [0.29, 0.717) is 11.5 Å².